The van der Waals surface area contributed by atoms with Crippen LogP contribution in [-0.4, -0.2) is 34.7 Å². The van der Waals surface area contributed by atoms with Gasteiger partial charge in [0.05, 0.1) is 0 Å². The molecule has 3 rings (SSSR count). The molecule has 2 fully saturated rings. The summed E-state index contributed by atoms with van der Waals surface area (Å²) in [5.41, 5.74) is 2.32. The Hall–Kier alpha value is -1.13. The number of nitrogens with zero attached hydrogens (tertiary/aromatic N) is 1. The molecule has 1 unspecified atom stereocenters. The molecule has 2 bridgehead atoms. The quantitative estimate of drug-likeness (QED) is 0.795. The van der Waals surface area contributed by atoms with Crippen LogP contribution in [0.1, 0.15) is 51.5 Å². The van der Waals surface area contributed by atoms with Crippen molar-refractivity contribution < 1.29 is 0 Å². The lowest BCUT2D eigenvalue weighted by atomic mass is 9.81. The third-order valence-electron chi connectivity index (χ3n) is 5.31. The van der Waals surface area contributed by atoms with E-state index in [2.05, 4.69) is 60.6 Å². The van der Waals surface area contributed by atoms with Gasteiger partial charge < -0.3 is 10.6 Å². The number of fused-ring (bicyclic) bond motifs is 2. The number of hydrogen-bond acceptors (Lipinski definition) is 2. The number of hydrogen-bond donors (Lipinski definition) is 2. The van der Waals surface area contributed by atoms with Gasteiger partial charge in [-0.25, -0.2) is 0 Å². The topological polar surface area (TPSA) is 27.3 Å². The Morgan fingerprint density at radius 1 is 1.25 bits per heavy atom. The lowest BCUT2D eigenvalue weighted by molar-refractivity contribution is 0.0191. The standard InChI is InChI=1S/C20H31N3S/c1-14(2)13-23-18-8-5-9-19(23)12-17(11-18)22-20(24)21-16-7-4-6-15(3)10-16/h4,6-7,10,14,17-19H,5,8-9,11-13H2,1-3H3,(H2,21,22,24)/t17?,18-,19+. The van der Waals surface area contributed by atoms with Crippen LogP contribution in [0.5, 0.6) is 0 Å². The van der Waals surface area contributed by atoms with Gasteiger partial charge in [0.1, 0.15) is 0 Å². The number of nitrogens with one attached hydrogen (secondary N) is 2. The van der Waals surface area contributed by atoms with Crippen molar-refractivity contribution in [2.24, 2.45) is 5.92 Å². The lowest BCUT2D eigenvalue weighted by Crippen LogP contribution is -2.58. The van der Waals surface area contributed by atoms with E-state index >= 15 is 0 Å². The molecular formula is C20H31N3S. The van der Waals surface area contributed by atoms with Crippen molar-refractivity contribution in [2.75, 3.05) is 11.9 Å². The second-order valence-corrected chi connectivity index (χ2v) is 8.37. The van der Waals surface area contributed by atoms with Crippen LogP contribution in [-0.2, 0) is 0 Å². The maximum absolute atomic E-state index is 5.56. The first-order valence-electron chi connectivity index (χ1n) is 9.41. The first-order chi connectivity index (χ1) is 11.5. The Kier molecular flexibility index (Phi) is 5.77. The van der Waals surface area contributed by atoms with Crippen molar-refractivity contribution in [3.63, 3.8) is 0 Å². The third kappa shape index (κ3) is 4.48. The molecule has 2 aliphatic heterocycles. The van der Waals surface area contributed by atoms with Gasteiger partial charge in [-0.3, -0.25) is 4.90 Å². The zero-order valence-electron chi connectivity index (χ0n) is 15.2. The molecular weight excluding hydrogens is 314 g/mol. The van der Waals surface area contributed by atoms with Gasteiger partial charge in [0, 0.05) is 30.4 Å². The Morgan fingerprint density at radius 2 is 1.96 bits per heavy atom. The molecule has 2 aliphatic rings. The van der Waals surface area contributed by atoms with E-state index in [1.807, 2.05) is 0 Å². The minimum absolute atomic E-state index is 0.508. The van der Waals surface area contributed by atoms with Gasteiger partial charge in [-0.05, 0) is 68.4 Å². The first-order valence-corrected chi connectivity index (χ1v) is 9.82. The van der Waals surface area contributed by atoms with Crippen LogP contribution in [0.4, 0.5) is 5.69 Å². The molecule has 1 aromatic carbocycles. The smallest absolute Gasteiger partial charge is 0.170 e. The summed E-state index contributed by atoms with van der Waals surface area (Å²) in [5, 5.41) is 7.69. The normalized spacial score (nSPS) is 27.1. The zero-order chi connectivity index (χ0) is 17.1. The second-order valence-electron chi connectivity index (χ2n) is 7.97. The SMILES string of the molecule is Cc1cccc(NC(=S)NC2C[C@H]3CCC[C@@H](C2)N3CC(C)C)c1. The van der Waals surface area contributed by atoms with Crippen molar-refractivity contribution in [3.8, 4) is 0 Å². The molecule has 2 saturated heterocycles. The van der Waals surface area contributed by atoms with Crippen molar-refractivity contribution >= 4 is 23.0 Å². The average molecular weight is 346 g/mol. The molecule has 0 spiro atoms. The number of thiocarbonyl (C=S) groups is 1. The minimum atomic E-state index is 0.508. The maximum atomic E-state index is 5.56. The van der Waals surface area contributed by atoms with Crippen molar-refractivity contribution in [1.29, 1.82) is 0 Å². The average Bonchev–Trinajstić information content (AvgIpc) is 2.47. The summed E-state index contributed by atoms with van der Waals surface area (Å²) in [6, 6.07) is 10.4. The third-order valence-corrected chi connectivity index (χ3v) is 5.53. The molecule has 0 amide bonds. The van der Waals surface area contributed by atoms with E-state index in [-0.39, 0.29) is 0 Å². The van der Waals surface area contributed by atoms with E-state index in [4.69, 9.17) is 12.2 Å². The van der Waals surface area contributed by atoms with Crippen LogP contribution in [0.25, 0.3) is 0 Å². The molecule has 1 aromatic rings. The summed E-state index contributed by atoms with van der Waals surface area (Å²) in [6.45, 7) is 8.02. The molecule has 4 heteroatoms. The number of benzene rings is 1. The predicted molar refractivity (Wildman–Crippen MR) is 107 cm³/mol. The Bertz CT molecular complexity index is 558. The van der Waals surface area contributed by atoms with E-state index in [1.165, 1.54) is 44.2 Å². The van der Waals surface area contributed by atoms with Gasteiger partial charge in [0.25, 0.3) is 0 Å². The predicted octanol–water partition coefficient (Wildman–Crippen LogP) is 4.32. The van der Waals surface area contributed by atoms with Crippen molar-refractivity contribution in [1.82, 2.24) is 10.2 Å². The van der Waals surface area contributed by atoms with Crippen molar-refractivity contribution in [3.05, 3.63) is 29.8 Å². The van der Waals surface area contributed by atoms with Gasteiger partial charge in [-0.15, -0.1) is 0 Å². The fourth-order valence-electron chi connectivity index (χ4n) is 4.39. The van der Waals surface area contributed by atoms with E-state index < -0.39 is 0 Å². The summed E-state index contributed by atoms with van der Waals surface area (Å²) in [4.78, 5) is 2.78. The van der Waals surface area contributed by atoms with Crippen LogP contribution >= 0.6 is 12.2 Å². The molecule has 3 nitrogen and oxygen atoms in total. The second kappa shape index (κ2) is 7.83. The number of anilines is 1. The molecule has 0 saturated carbocycles. The van der Waals surface area contributed by atoms with Crippen LogP contribution in [0, 0.1) is 12.8 Å². The summed E-state index contributed by atoms with van der Waals surface area (Å²) >= 11 is 5.56. The van der Waals surface area contributed by atoms with E-state index in [9.17, 15) is 0 Å². The van der Waals surface area contributed by atoms with Crippen LogP contribution in [0.3, 0.4) is 0 Å². The van der Waals surface area contributed by atoms with Crippen LogP contribution < -0.4 is 10.6 Å². The lowest BCUT2D eigenvalue weighted by Gasteiger charge is -2.49. The van der Waals surface area contributed by atoms with Crippen LogP contribution in [0.2, 0.25) is 0 Å². The highest BCUT2D eigenvalue weighted by atomic mass is 32.1. The first kappa shape index (κ1) is 17.7. The van der Waals surface area contributed by atoms with Gasteiger partial charge in [0.2, 0.25) is 0 Å². The van der Waals surface area contributed by atoms with E-state index in [0.717, 1.165) is 28.8 Å². The highest BCUT2D eigenvalue weighted by Gasteiger charge is 2.38. The number of aryl methyl sites for hydroxylation is 1. The maximum Gasteiger partial charge on any atom is 0.170 e. The monoisotopic (exact) mass is 345 g/mol. The minimum Gasteiger partial charge on any atom is -0.360 e. The number of rotatable bonds is 4. The molecule has 3 atom stereocenters. The van der Waals surface area contributed by atoms with Gasteiger partial charge in [-0.1, -0.05) is 32.4 Å². The molecule has 2 N–H and O–H groups in total. The molecule has 0 aromatic heterocycles. The van der Waals surface area contributed by atoms with Crippen molar-refractivity contribution in [2.45, 2.75) is 71.0 Å². The summed E-state index contributed by atoms with van der Waals surface area (Å²) < 4.78 is 0. The summed E-state index contributed by atoms with van der Waals surface area (Å²) in [5.74, 6) is 0.752. The number of piperidine rings is 2. The van der Waals surface area contributed by atoms with Gasteiger partial charge in [0.15, 0.2) is 5.11 Å². The largest absolute Gasteiger partial charge is 0.360 e. The fourth-order valence-corrected chi connectivity index (χ4v) is 4.68. The highest BCUT2D eigenvalue weighted by Crippen LogP contribution is 2.34. The molecule has 0 radical (unpaired) electrons. The van der Waals surface area contributed by atoms with Gasteiger partial charge in [-0.2, -0.15) is 0 Å². The molecule has 2 heterocycles. The fraction of sp³-hybridized carbons (Fsp3) is 0.650. The zero-order valence-corrected chi connectivity index (χ0v) is 16.0. The summed E-state index contributed by atoms with van der Waals surface area (Å²) in [6.07, 6.45) is 6.53. The van der Waals surface area contributed by atoms with Crippen LogP contribution in [0.15, 0.2) is 24.3 Å². The Labute approximate surface area is 152 Å². The Balaban J connectivity index is 1.56. The molecule has 132 valence electrons. The highest BCUT2D eigenvalue weighted by molar-refractivity contribution is 7.80. The van der Waals surface area contributed by atoms with E-state index in [0.29, 0.717) is 6.04 Å². The summed E-state index contributed by atoms with van der Waals surface area (Å²) in [7, 11) is 0. The Morgan fingerprint density at radius 3 is 2.58 bits per heavy atom. The molecule has 0 aliphatic carbocycles. The van der Waals surface area contributed by atoms with E-state index in [1.54, 1.807) is 0 Å². The van der Waals surface area contributed by atoms with Gasteiger partial charge >= 0.3 is 0 Å². The molecule has 24 heavy (non-hydrogen) atoms.